The van der Waals surface area contributed by atoms with Gasteiger partial charge in [-0.1, -0.05) is 24.3 Å². The summed E-state index contributed by atoms with van der Waals surface area (Å²) in [5, 5.41) is 3.02. The average Bonchev–Trinajstić information content (AvgIpc) is 2.59. The highest BCUT2D eigenvalue weighted by Gasteiger charge is 2.21. The number of quaternary nitrogens is 1. The highest BCUT2D eigenvalue weighted by molar-refractivity contribution is 5.75. The molecule has 5 nitrogen and oxygen atoms in total. The minimum absolute atomic E-state index is 0.00960. The van der Waals surface area contributed by atoms with Gasteiger partial charge in [0.05, 0.1) is 32.8 Å². The molecule has 2 aliphatic rings. The van der Waals surface area contributed by atoms with E-state index in [0.717, 1.165) is 45.9 Å². The fraction of sp³-hybridized carbons (Fsp3) is 0.588. The molecule has 1 amide bonds. The molecule has 1 aromatic rings. The lowest BCUT2D eigenvalue weighted by atomic mass is 9.97. The molecule has 2 aliphatic heterocycles. The zero-order chi connectivity index (χ0) is 15.2. The van der Waals surface area contributed by atoms with Gasteiger partial charge in [-0.05, 0) is 17.5 Å². The van der Waals surface area contributed by atoms with E-state index < -0.39 is 0 Å². The quantitative estimate of drug-likeness (QED) is 0.787. The van der Waals surface area contributed by atoms with Crippen molar-refractivity contribution in [2.24, 2.45) is 0 Å². The van der Waals surface area contributed by atoms with Crippen molar-refractivity contribution >= 4 is 5.91 Å². The predicted octanol–water partition coefficient (Wildman–Crippen LogP) is -0.278. The van der Waals surface area contributed by atoms with Gasteiger partial charge in [0.15, 0.2) is 0 Å². The number of hydrogen-bond donors (Lipinski definition) is 2. The largest absolute Gasteiger partial charge is 0.371 e. The van der Waals surface area contributed by atoms with Gasteiger partial charge in [-0.25, -0.2) is 0 Å². The van der Waals surface area contributed by atoms with Crippen LogP contribution in [0.2, 0.25) is 0 Å². The van der Waals surface area contributed by atoms with Crippen LogP contribution in [0.1, 0.15) is 23.7 Å². The van der Waals surface area contributed by atoms with E-state index in [-0.39, 0.29) is 12.0 Å². The molecule has 0 aliphatic carbocycles. The lowest BCUT2D eigenvalue weighted by Crippen LogP contribution is -3.14. The molecule has 1 aromatic carbocycles. The van der Waals surface area contributed by atoms with Crippen molar-refractivity contribution in [1.29, 1.82) is 0 Å². The normalized spacial score (nSPS) is 22.1. The fourth-order valence-electron chi connectivity index (χ4n) is 3.14. The maximum Gasteiger partial charge on any atom is 0.225 e. The van der Waals surface area contributed by atoms with E-state index in [1.165, 1.54) is 16.0 Å². The first kappa shape index (κ1) is 15.5. The lowest BCUT2D eigenvalue weighted by molar-refractivity contribution is -0.907. The van der Waals surface area contributed by atoms with Crippen molar-refractivity contribution in [2.45, 2.75) is 18.9 Å². The third-order valence-electron chi connectivity index (χ3n) is 4.48. The first-order valence-electron chi connectivity index (χ1n) is 8.20. The van der Waals surface area contributed by atoms with Crippen LogP contribution >= 0.6 is 0 Å². The minimum Gasteiger partial charge on any atom is -0.371 e. The highest BCUT2D eigenvalue weighted by atomic mass is 16.5. The Morgan fingerprint density at radius 2 is 2.05 bits per heavy atom. The fourth-order valence-corrected chi connectivity index (χ4v) is 3.14. The van der Waals surface area contributed by atoms with Gasteiger partial charge in [0, 0.05) is 6.54 Å². The molecule has 1 fully saturated rings. The molecule has 120 valence electrons. The molecule has 0 spiro atoms. The summed E-state index contributed by atoms with van der Waals surface area (Å²) in [5.41, 5.74) is 2.55. The summed E-state index contributed by atoms with van der Waals surface area (Å²) in [6.45, 7) is 5.81. The molecule has 0 unspecified atom stereocenters. The monoisotopic (exact) mass is 305 g/mol. The second kappa shape index (κ2) is 7.72. The summed E-state index contributed by atoms with van der Waals surface area (Å²) in [6.07, 6.45) is 1.52. The van der Waals surface area contributed by atoms with Crippen molar-refractivity contribution in [3.8, 4) is 0 Å². The molecule has 0 saturated carbocycles. The molecule has 2 N–H and O–H groups in total. The number of carbonyl (C=O) groups excluding carboxylic acids is 1. The van der Waals surface area contributed by atoms with E-state index in [1.54, 1.807) is 0 Å². The van der Waals surface area contributed by atoms with Crippen molar-refractivity contribution < 1.29 is 19.2 Å². The van der Waals surface area contributed by atoms with E-state index in [2.05, 4.69) is 23.5 Å². The van der Waals surface area contributed by atoms with E-state index in [1.807, 2.05) is 6.07 Å². The Labute approximate surface area is 131 Å². The Hall–Kier alpha value is -1.43. The van der Waals surface area contributed by atoms with Crippen LogP contribution in [0.3, 0.4) is 0 Å². The van der Waals surface area contributed by atoms with Crippen LogP contribution in [0, 0.1) is 0 Å². The maximum absolute atomic E-state index is 12.0. The number of carbonyl (C=O) groups is 1. The van der Waals surface area contributed by atoms with Gasteiger partial charge < -0.3 is 19.7 Å². The van der Waals surface area contributed by atoms with Gasteiger partial charge in [0.2, 0.25) is 5.91 Å². The van der Waals surface area contributed by atoms with Gasteiger partial charge in [-0.3, -0.25) is 4.79 Å². The van der Waals surface area contributed by atoms with Crippen LogP contribution in [0.4, 0.5) is 0 Å². The van der Waals surface area contributed by atoms with E-state index >= 15 is 0 Å². The first-order valence-corrected chi connectivity index (χ1v) is 8.20. The molecule has 0 radical (unpaired) electrons. The molecular formula is C17H25N2O3+. The van der Waals surface area contributed by atoms with Crippen LogP contribution in [0.5, 0.6) is 0 Å². The summed E-state index contributed by atoms with van der Waals surface area (Å²) >= 11 is 0. The molecule has 5 heteroatoms. The summed E-state index contributed by atoms with van der Waals surface area (Å²) in [4.78, 5) is 13.5. The zero-order valence-electron chi connectivity index (χ0n) is 13.0. The Bertz CT molecular complexity index is 500. The lowest BCUT2D eigenvalue weighted by Gasteiger charge is -2.26. The van der Waals surface area contributed by atoms with Gasteiger partial charge >= 0.3 is 0 Å². The molecular weight excluding hydrogens is 280 g/mol. The van der Waals surface area contributed by atoms with Crippen LogP contribution in [-0.4, -0.2) is 51.9 Å². The van der Waals surface area contributed by atoms with Crippen LogP contribution in [0.15, 0.2) is 24.3 Å². The van der Waals surface area contributed by atoms with Crippen molar-refractivity contribution in [2.75, 3.05) is 46.0 Å². The second-order valence-corrected chi connectivity index (χ2v) is 5.97. The number of amides is 1. The molecule has 0 aromatic heterocycles. The summed E-state index contributed by atoms with van der Waals surface area (Å²) in [5.74, 6) is 0.116. The Morgan fingerprint density at radius 3 is 2.91 bits per heavy atom. The van der Waals surface area contributed by atoms with Gasteiger partial charge in [0.1, 0.15) is 19.2 Å². The SMILES string of the molecule is O=C(CC[NH+]1CCOCC1)NC[C@@H]1OCCc2ccccc21. The Kier molecular flexibility index (Phi) is 5.43. The van der Waals surface area contributed by atoms with Crippen LogP contribution in [0.25, 0.3) is 0 Å². The molecule has 2 heterocycles. The summed E-state index contributed by atoms with van der Waals surface area (Å²) in [6, 6.07) is 8.34. The second-order valence-electron chi connectivity index (χ2n) is 5.97. The smallest absolute Gasteiger partial charge is 0.225 e. The average molecular weight is 305 g/mol. The van der Waals surface area contributed by atoms with Gasteiger partial charge in [0.25, 0.3) is 0 Å². The van der Waals surface area contributed by atoms with E-state index in [0.29, 0.717) is 13.0 Å². The number of nitrogens with one attached hydrogen (secondary N) is 2. The first-order chi connectivity index (χ1) is 10.8. The van der Waals surface area contributed by atoms with Gasteiger partial charge in [-0.15, -0.1) is 0 Å². The van der Waals surface area contributed by atoms with Crippen LogP contribution < -0.4 is 10.2 Å². The van der Waals surface area contributed by atoms with Gasteiger partial charge in [-0.2, -0.15) is 0 Å². The Morgan fingerprint density at radius 1 is 1.23 bits per heavy atom. The number of rotatable bonds is 5. The van der Waals surface area contributed by atoms with E-state index in [4.69, 9.17) is 9.47 Å². The number of fused-ring (bicyclic) bond motifs is 1. The standard InChI is InChI=1S/C17H24N2O3/c20-17(5-7-19-8-11-21-12-9-19)18-13-16-15-4-2-1-3-14(15)6-10-22-16/h1-4,16H,5-13H2,(H,18,20)/p+1/t16-/m0/s1. The molecule has 1 atom stereocenters. The third-order valence-corrected chi connectivity index (χ3v) is 4.48. The number of ether oxygens (including phenoxy) is 2. The number of benzene rings is 1. The summed E-state index contributed by atoms with van der Waals surface area (Å²) in [7, 11) is 0. The molecule has 0 bridgehead atoms. The van der Waals surface area contributed by atoms with Crippen LogP contribution in [-0.2, 0) is 20.7 Å². The highest BCUT2D eigenvalue weighted by Crippen LogP contribution is 2.26. The third kappa shape index (κ3) is 4.06. The molecule has 3 rings (SSSR count). The predicted molar refractivity (Wildman–Crippen MR) is 82.8 cm³/mol. The minimum atomic E-state index is -0.00960. The Balaban J connectivity index is 1.43. The number of hydrogen-bond acceptors (Lipinski definition) is 3. The maximum atomic E-state index is 12.0. The number of morpholine rings is 1. The topological polar surface area (TPSA) is 52.0 Å². The van der Waals surface area contributed by atoms with Crippen molar-refractivity contribution in [3.05, 3.63) is 35.4 Å². The van der Waals surface area contributed by atoms with Crippen molar-refractivity contribution in [3.63, 3.8) is 0 Å². The van der Waals surface area contributed by atoms with Crippen molar-refractivity contribution in [1.82, 2.24) is 5.32 Å². The molecule has 1 saturated heterocycles. The van der Waals surface area contributed by atoms with E-state index in [9.17, 15) is 4.79 Å². The zero-order valence-corrected chi connectivity index (χ0v) is 13.0. The molecule has 22 heavy (non-hydrogen) atoms. The summed E-state index contributed by atoms with van der Waals surface area (Å²) < 4.78 is 11.1.